The summed E-state index contributed by atoms with van der Waals surface area (Å²) < 4.78 is 13.5. The summed E-state index contributed by atoms with van der Waals surface area (Å²) in [6, 6.07) is 12.7. The van der Waals surface area contributed by atoms with Gasteiger partial charge in [0.05, 0.1) is 5.92 Å². The van der Waals surface area contributed by atoms with Gasteiger partial charge in [-0.05, 0) is 67.5 Å². The first kappa shape index (κ1) is 20.3. The summed E-state index contributed by atoms with van der Waals surface area (Å²) in [5.74, 6) is -0.00612. The molecule has 2 aromatic carbocycles. The Bertz CT molecular complexity index is 1050. The van der Waals surface area contributed by atoms with Gasteiger partial charge >= 0.3 is 0 Å². The van der Waals surface area contributed by atoms with Crippen molar-refractivity contribution in [2.45, 2.75) is 44.9 Å². The molecule has 2 atom stereocenters. The molecular formula is C25H27FN2O2. The number of nitrogens with one attached hydrogen (secondary N) is 2. The van der Waals surface area contributed by atoms with Crippen molar-refractivity contribution < 1.29 is 14.0 Å². The second-order valence-electron chi connectivity index (χ2n) is 8.27. The summed E-state index contributed by atoms with van der Waals surface area (Å²) in [6.45, 7) is 2.39. The fraction of sp³-hybridized carbons (Fsp3) is 0.360. The number of carbonyl (C=O) groups is 2. The highest BCUT2D eigenvalue weighted by Crippen LogP contribution is 2.26. The molecule has 0 spiro atoms. The molecular weight excluding hydrogens is 379 g/mol. The number of hydrogen-bond donors (Lipinski definition) is 2. The van der Waals surface area contributed by atoms with E-state index in [4.69, 9.17) is 0 Å². The number of benzene rings is 2. The van der Waals surface area contributed by atoms with Crippen LogP contribution in [0.2, 0.25) is 0 Å². The van der Waals surface area contributed by atoms with Crippen LogP contribution >= 0.6 is 0 Å². The number of aromatic nitrogens is 1. The number of fused-ring (bicyclic) bond motifs is 1. The van der Waals surface area contributed by atoms with Crippen molar-refractivity contribution in [2.75, 3.05) is 6.54 Å². The molecule has 1 fully saturated rings. The molecule has 30 heavy (non-hydrogen) atoms. The third kappa shape index (κ3) is 4.45. The maximum absolute atomic E-state index is 13.5. The molecule has 4 rings (SSSR count). The van der Waals surface area contributed by atoms with Gasteiger partial charge in [0.1, 0.15) is 11.6 Å². The number of hydrogen-bond acceptors (Lipinski definition) is 2. The van der Waals surface area contributed by atoms with E-state index < -0.39 is 0 Å². The minimum atomic E-state index is -0.262. The number of aromatic amines is 1. The van der Waals surface area contributed by atoms with Crippen LogP contribution in [0.1, 0.15) is 48.8 Å². The number of ketones is 1. The largest absolute Gasteiger partial charge is 0.361 e. The molecule has 1 amide bonds. The summed E-state index contributed by atoms with van der Waals surface area (Å²) in [7, 11) is 0. The molecule has 2 N–H and O–H groups in total. The first-order valence-electron chi connectivity index (χ1n) is 10.7. The van der Waals surface area contributed by atoms with Crippen LogP contribution in [0.4, 0.5) is 4.39 Å². The molecule has 1 aliphatic rings. The first-order chi connectivity index (χ1) is 14.5. The van der Waals surface area contributed by atoms with Gasteiger partial charge in [-0.3, -0.25) is 9.59 Å². The van der Waals surface area contributed by atoms with Crippen LogP contribution in [-0.4, -0.2) is 23.2 Å². The van der Waals surface area contributed by atoms with E-state index in [1.54, 1.807) is 6.07 Å². The minimum Gasteiger partial charge on any atom is -0.361 e. The average molecular weight is 407 g/mol. The predicted octanol–water partition coefficient (Wildman–Crippen LogP) is 4.68. The zero-order chi connectivity index (χ0) is 21.1. The lowest BCUT2D eigenvalue weighted by atomic mass is 9.94. The molecule has 156 valence electrons. The van der Waals surface area contributed by atoms with Crippen LogP contribution < -0.4 is 5.32 Å². The number of rotatable bonds is 7. The molecule has 1 aromatic heterocycles. The van der Waals surface area contributed by atoms with Gasteiger partial charge in [0.15, 0.2) is 0 Å². The number of halogens is 1. The van der Waals surface area contributed by atoms with Crippen molar-refractivity contribution in [1.29, 1.82) is 0 Å². The average Bonchev–Trinajstić information content (AvgIpc) is 3.34. The molecule has 5 heteroatoms. The van der Waals surface area contributed by atoms with Gasteiger partial charge in [0.25, 0.3) is 0 Å². The Morgan fingerprint density at radius 1 is 1.23 bits per heavy atom. The van der Waals surface area contributed by atoms with Gasteiger partial charge in [0.2, 0.25) is 5.91 Å². The predicted molar refractivity (Wildman–Crippen MR) is 116 cm³/mol. The molecule has 0 unspecified atom stereocenters. The van der Waals surface area contributed by atoms with Gasteiger partial charge in [0, 0.05) is 36.0 Å². The number of Topliss-reactive ketones (excluding diaryl/α,β-unsaturated/α-hetero) is 1. The maximum Gasteiger partial charge on any atom is 0.227 e. The molecule has 0 saturated heterocycles. The standard InChI is InChI=1S/C25H27FN2O2/c1-16(18-7-5-17(6-8-18)13-19-3-2-4-24(19)29)25(30)27-12-11-20-15-28-23-10-9-21(26)14-22(20)23/h5-10,14-16,19,28H,2-4,11-13H2,1H3,(H,27,30)/t16-,19-/m0/s1. The van der Waals surface area contributed by atoms with Gasteiger partial charge in [-0.1, -0.05) is 24.3 Å². The molecule has 4 nitrogen and oxygen atoms in total. The lowest BCUT2D eigenvalue weighted by Crippen LogP contribution is -2.29. The van der Waals surface area contributed by atoms with Crippen molar-refractivity contribution in [1.82, 2.24) is 10.3 Å². The zero-order valence-electron chi connectivity index (χ0n) is 17.2. The zero-order valence-corrected chi connectivity index (χ0v) is 17.2. The molecule has 0 aliphatic heterocycles. The van der Waals surface area contributed by atoms with Gasteiger partial charge in [-0.15, -0.1) is 0 Å². The third-order valence-corrected chi connectivity index (χ3v) is 6.21. The molecule has 1 heterocycles. The van der Waals surface area contributed by atoms with Crippen molar-refractivity contribution in [3.63, 3.8) is 0 Å². The molecule has 0 bridgehead atoms. The molecule has 0 radical (unpaired) electrons. The van der Waals surface area contributed by atoms with E-state index in [9.17, 15) is 14.0 Å². The van der Waals surface area contributed by atoms with Crippen LogP contribution in [0.3, 0.4) is 0 Å². The summed E-state index contributed by atoms with van der Waals surface area (Å²) in [4.78, 5) is 27.6. The fourth-order valence-electron chi connectivity index (χ4n) is 4.31. The topological polar surface area (TPSA) is 62.0 Å². The monoisotopic (exact) mass is 406 g/mol. The Balaban J connectivity index is 1.30. The summed E-state index contributed by atoms with van der Waals surface area (Å²) in [6.07, 6.45) is 6.01. The lowest BCUT2D eigenvalue weighted by Gasteiger charge is -2.14. The smallest absolute Gasteiger partial charge is 0.227 e. The van der Waals surface area contributed by atoms with Crippen LogP contribution in [0, 0.1) is 11.7 Å². The summed E-state index contributed by atoms with van der Waals surface area (Å²) in [5.41, 5.74) is 4.00. The Labute approximate surface area is 175 Å². The Morgan fingerprint density at radius 2 is 2.03 bits per heavy atom. The summed E-state index contributed by atoms with van der Waals surface area (Å²) >= 11 is 0. The quantitative estimate of drug-likeness (QED) is 0.598. The highest BCUT2D eigenvalue weighted by atomic mass is 19.1. The molecule has 1 saturated carbocycles. The SMILES string of the molecule is C[C@H](C(=O)NCCc1c[nH]c2ccc(F)cc12)c1ccc(C[C@@H]2CCCC2=O)cc1. The second kappa shape index (κ2) is 8.82. The van der Waals surface area contributed by atoms with Gasteiger partial charge in [-0.25, -0.2) is 4.39 Å². The normalized spacial score (nSPS) is 17.4. The van der Waals surface area contributed by atoms with Gasteiger partial charge < -0.3 is 10.3 Å². The Morgan fingerprint density at radius 3 is 2.77 bits per heavy atom. The van der Waals surface area contributed by atoms with Crippen LogP contribution in [0.15, 0.2) is 48.7 Å². The van der Waals surface area contributed by atoms with Crippen LogP contribution in [-0.2, 0) is 22.4 Å². The number of carbonyl (C=O) groups excluding carboxylic acids is 2. The Hall–Kier alpha value is -2.95. The van der Waals surface area contributed by atoms with Crippen LogP contribution in [0.5, 0.6) is 0 Å². The minimum absolute atomic E-state index is 0.0280. The van der Waals surface area contributed by atoms with Gasteiger partial charge in [-0.2, -0.15) is 0 Å². The second-order valence-corrected chi connectivity index (χ2v) is 8.27. The first-order valence-corrected chi connectivity index (χ1v) is 10.7. The van der Waals surface area contributed by atoms with E-state index in [0.29, 0.717) is 25.2 Å². The van der Waals surface area contributed by atoms with E-state index in [2.05, 4.69) is 10.3 Å². The van der Waals surface area contributed by atoms with E-state index in [-0.39, 0.29) is 23.6 Å². The highest BCUT2D eigenvalue weighted by molar-refractivity contribution is 5.85. The fourth-order valence-corrected chi connectivity index (χ4v) is 4.31. The van der Waals surface area contributed by atoms with Crippen molar-refractivity contribution >= 4 is 22.6 Å². The van der Waals surface area contributed by atoms with E-state index in [0.717, 1.165) is 46.9 Å². The Kier molecular flexibility index (Phi) is 5.98. The van der Waals surface area contributed by atoms with Crippen molar-refractivity contribution in [3.8, 4) is 0 Å². The maximum atomic E-state index is 13.5. The molecule has 3 aromatic rings. The van der Waals surface area contributed by atoms with Crippen molar-refractivity contribution in [3.05, 3.63) is 71.2 Å². The molecule has 1 aliphatic carbocycles. The lowest BCUT2D eigenvalue weighted by molar-refractivity contribution is -0.122. The number of H-pyrrole nitrogens is 1. The van der Waals surface area contributed by atoms with E-state index in [1.807, 2.05) is 37.4 Å². The third-order valence-electron chi connectivity index (χ3n) is 6.21. The summed E-state index contributed by atoms with van der Waals surface area (Å²) in [5, 5.41) is 3.84. The van der Waals surface area contributed by atoms with E-state index in [1.165, 1.54) is 12.1 Å². The van der Waals surface area contributed by atoms with Crippen LogP contribution in [0.25, 0.3) is 10.9 Å². The number of amides is 1. The van der Waals surface area contributed by atoms with E-state index >= 15 is 0 Å². The highest BCUT2D eigenvalue weighted by Gasteiger charge is 2.24. The van der Waals surface area contributed by atoms with Crippen molar-refractivity contribution in [2.24, 2.45) is 5.92 Å².